The molecule has 3 nitrogen and oxygen atoms in total. The van der Waals surface area contributed by atoms with Crippen molar-refractivity contribution in [3.8, 4) is 0 Å². The van der Waals surface area contributed by atoms with E-state index in [4.69, 9.17) is 0 Å². The fourth-order valence-electron chi connectivity index (χ4n) is 1.26. The van der Waals surface area contributed by atoms with Crippen LogP contribution in [0.3, 0.4) is 0 Å². The lowest BCUT2D eigenvalue weighted by Crippen LogP contribution is -2.30. The van der Waals surface area contributed by atoms with E-state index in [9.17, 15) is 8.42 Å². The van der Waals surface area contributed by atoms with E-state index in [1.54, 1.807) is 0 Å². The third-order valence-corrected chi connectivity index (χ3v) is 2.78. The van der Waals surface area contributed by atoms with E-state index in [1.807, 2.05) is 0 Å². The Bertz CT molecular complexity index is 206. The quantitative estimate of drug-likeness (QED) is 0.628. The molecule has 13 heavy (non-hydrogen) atoms. The maximum absolute atomic E-state index is 10.9. The van der Waals surface area contributed by atoms with Crippen molar-refractivity contribution in [2.24, 2.45) is 0 Å². The number of sulfone groups is 1. The Kier molecular flexibility index (Phi) is 6.33. The maximum atomic E-state index is 10.9. The first-order valence-electron chi connectivity index (χ1n) is 4.89. The summed E-state index contributed by atoms with van der Waals surface area (Å²) in [7, 11) is -2.80. The minimum atomic E-state index is -2.80. The average Bonchev–Trinajstić information content (AvgIpc) is 2.00. The van der Waals surface area contributed by atoms with Crippen LogP contribution in [0.25, 0.3) is 0 Å². The molecule has 0 spiro atoms. The van der Waals surface area contributed by atoms with Gasteiger partial charge < -0.3 is 4.90 Å². The molecule has 0 fully saturated rings. The monoisotopic (exact) mass is 207 g/mol. The highest BCUT2D eigenvalue weighted by Gasteiger charge is 2.07. The molecule has 4 heteroatoms. The van der Waals surface area contributed by atoms with E-state index in [0.717, 1.165) is 25.9 Å². The molecule has 0 saturated heterocycles. The van der Waals surface area contributed by atoms with Crippen molar-refractivity contribution in [2.45, 2.75) is 26.7 Å². The minimum absolute atomic E-state index is 0.285. The average molecular weight is 207 g/mol. The van der Waals surface area contributed by atoms with Gasteiger partial charge in [0.05, 0.1) is 5.75 Å². The largest absolute Gasteiger partial charge is 0.302 e. The molecule has 0 rings (SSSR count). The highest BCUT2D eigenvalue weighted by Crippen LogP contribution is 1.95. The van der Waals surface area contributed by atoms with Crippen LogP contribution in [-0.2, 0) is 9.84 Å². The van der Waals surface area contributed by atoms with Crippen LogP contribution < -0.4 is 0 Å². The summed E-state index contributed by atoms with van der Waals surface area (Å²) in [6, 6.07) is 0. The summed E-state index contributed by atoms with van der Waals surface area (Å²) in [6.45, 7) is 6.92. The first-order valence-corrected chi connectivity index (χ1v) is 6.95. The Morgan fingerprint density at radius 2 is 1.46 bits per heavy atom. The minimum Gasteiger partial charge on any atom is -0.302 e. The van der Waals surface area contributed by atoms with Crippen molar-refractivity contribution in [2.75, 3.05) is 31.6 Å². The maximum Gasteiger partial charge on any atom is 0.148 e. The number of hydrogen-bond acceptors (Lipinski definition) is 3. The first-order chi connectivity index (χ1) is 5.99. The van der Waals surface area contributed by atoms with E-state index in [0.29, 0.717) is 6.54 Å². The van der Waals surface area contributed by atoms with Crippen LogP contribution in [0.5, 0.6) is 0 Å². The molecule has 80 valence electrons. The summed E-state index contributed by atoms with van der Waals surface area (Å²) in [5.41, 5.74) is 0. The second kappa shape index (κ2) is 6.38. The van der Waals surface area contributed by atoms with Crippen LogP contribution in [-0.4, -0.2) is 45.0 Å². The fraction of sp³-hybridized carbons (Fsp3) is 1.00. The van der Waals surface area contributed by atoms with Gasteiger partial charge in [0, 0.05) is 12.8 Å². The molecule has 0 radical (unpaired) electrons. The Balaban J connectivity index is 3.81. The molecule has 0 aromatic heterocycles. The lowest BCUT2D eigenvalue weighted by Gasteiger charge is -2.19. The number of hydrogen-bond donors (Lipinski definition) is 0. The van der Waals surface area contributed by atoms with E-state index >= 15 is 0 Å². The van der Waals surface area contributed by atoms with Gasteiger partial charge in [0.25, 0.3) is 0 Å². The van der Waals surface area contributed by atoms with Crippen LogP contribution in [0.2, 0.25) is 0 Å². The molecule has 0 aliphatic carbocycles. The summed E-state index contributed by atoms with van der Waals surface area (Å²) in [4.78, 5) is 2.21. The van der Waals surface area contributed by atoms with Crippen molar-refractivity contribution < 1.29 is 8.42 Å². The molecule has 0 saturated carbocycles. The van der Waals surface area contributed by atoms with Crippen molar-refractivity contribution in [3.63, 3.8) is 0 Å². The van der Waals surface area contributed by atoms with Gasteiger partial charge in [0.1, 0.15) is 9.84 Å². The van der Waals surface area contributed by atoms with E-state index < -0.39 is 9.84 Å². The Labute approximate surface area is 82.0 Å². The molecule has 0 aliphatic heterocycles. The van der Waals surface area contributed by atoms with Gasteiger partial charge in [-0.2, -0.15) is 0 Å². The number of nitrogens with zero attached hydrogens (tertiary/aromatic N) is 1. The van der Waals surface area contributed by atoms with Gasteiger partial charge in [-0.15, -0.1) is 0 Å². The normalized spacial score (nSPS) is 12.3. The predicted octanol–water partition coefficient (Wildman–Crippen LogP) is 1.15. The summed E-state index contributed by atoms with van der Waals surface area (Å²) in [6.07, 6.45) is 3.47. The molecule has 0 unspecified atom stereocenters. The molecule has 0 aliphatic rings. The highest BCUT2D eigenvalue weighted by atomic mass is 32.2. The van der Waals surface area contributed by atoms with Crippen molar-refractivity contribution in [1.82, 2.24) is 4.90 Å². The second-order valence-corrected chi connectivity index (χ2v) is 5.73. The molecule has 0 aromatic carbocycles. The van der Waals surface area contributed by atoms with Crippen LogP contribution in [0.15, 0.2) is 0 Å². The zero-order valence-electron chi connectivity index (χ0n) is 8.91. The topological polar surface area (TPSA) is 37.4 Å². The van der Waals surface area contributed by atoms with E-state index in [1.165, 1.54) is 6.26 Å². The summed E-state index contributed by atoms with van der Waals surface area (Å²) >= 11 is 0. The fourth-order valence-corrected chi connectivity index (χ4v) is 1.85. The Morgan fingerprint density at radius 3 is 1.77 bits per heavy atom. The lowest BCUT2D eigenvalue weighted by molar-refractivity contribution is 0.290. The zero-order chi connectivity index (χ0) is 10.3. The predicted molar refractivity (Wildman–Crippen MR) is 56.7 cm³/mol. The second-order valence-electron chi connectivity index (χ2n) is 3.47. The molecule has 0 N–H and O–H groups in total. The van der Waals surface area contributed by atoms with E-state index in [2.05, 4.69) is 18.7 Å². The summed E-state index contributed by atoms with van der Waals surface area (Å²) < 4.78 is 21.8. The smallest absolute Gasteiger partial charge is 0.148 e. The van der Waals surface area contributed by atoms with E-state index in [-0.39, 0.29) is 5.75 Å². The first kappa shape index (κ1) is 12.9. The molecular formula is C9H21NO2S. The van der Waals surface area contributed by atoms with Crippen molar-refractivity contribution in [1.29, 1.82) is 0 Å². The summed E-state index contributed by atoms with van der Waals surface area (Å²) in [5.74, 6) is 0.285. The van der Waals surface area contributed by atoms with Gasteiger partial charge in [-0.25, -0.2) is 8.42 Å². The number of rotatable bonds is 7. The Hall–Kier alpha value is -0.0900. The SMILES string of the molecule is CCCN(CCC)CCS(C)(=O)=O. The van der Waals surface area contributed by atoms with Gasteiger partial charge in [-0.05, 0) is 25.9 Å². The third-order valence-electron chi connectivity index (χ3n) is 1.86. The van der Waals surface area contributed by atoms with Crippen LogP contribution in [0.4, 0.5) is 0 Å². The standard InChI is InChI=1S/C9H21NO2S/c1-4-6-10(7-5-2)8-9-13(3,11)12/h4-9H2,1-3H3. The Morgan fingerprint density at radius 1 is 1.00 bits per heavy atom. The molecule has 0 atom stereocenters. The van der Waals surface area contributed by atoms with Gasteiger partial charge in [-0.1, -0.05) is 13.8 Å². The van der Waals surface area contributed by atoms with Gasteiger partial charge >= 0.3 is 0 Å². The van der Waals surface area contributed by atoms with Gasteiger partial charge in [0.2, 0.25) is 0 Å². The van der Waals surface area contributed by atoms with Crippen molar-refractivity contribution in [3.05, 3.63) is 0 Å². The molecular weight excluding hydrogens is 186 g/mol. The lowest BCUT2D eigenvalue weighted by atomic mass is 10.3. The zero-order valence-corrected chi connectivity index (χ0v) is 9.73. The molecule has 0 heterocycles. The van der Waals surface area contributed by atoms with Gasteiger partial charge in [-0.3, -0.25) is 0 Å². The van der Waals surface area contributed by atoms with Crippen LogP contribution in [0, 0.1) is 0 Å². The van der Waals surface area contributed by atoms with Crippen molar-refractivity contribution >= 4 is 9.84 Å². The van der Waals surface area contributed by atoms with Crippen LogP contribution in [0.1, 0.15) is 26.7 Å². The highest BCUT2D eigenvalue weighted by molar-refractivity contribution is 7.90. The van der Waals surface area contributed by atoms with Gasteiger partial charge in [0.15, 0.2) is 0 Å². The third kappa shape index (κ3) is 8.25. The molecule has 0 aromatic rings. The summed E-state index contributed by atoms with van der Waals surface area (Å²) in [5, 5.41) is 0. The molecule has 0 amide bonds. The molecule has 0 bridgehead atoms. The van der Waals surface area contributed by atoms with Crippen LogP contribution >= 0.6 is 0 Å².